The Labute approximate surface area is 144 Å². The molecule has 4 saturated carbocycles. The lowest BCUT2D eigenvalue weighted by molar-refractivity contribution is -0.141. The van der Waals surface area contributed by atoms with Gasteiger partial charge in [-0.25, -0.2) is 4.79 Å². The van der Waals surface area contributed by atoms with Crippen LogP contribution in [-0.2, 0) is 4.79 Å². The number of nitrogens with one attached hydrogen (secondary N) is 1. The summed E-state index contributed by atoms with van der Waals surface area (Å²) in [6.07, 6.45) is 9.75. The van der Waals surface area contributed by atoms with E-state index in [-0.39, 0.29) is 29.6 Å². The summed E-state index contributed by atoms with van der Waals surface area (Å²) in [7, 11) is 0. The Bertz CT molecular complexity index is 540. The lowest BCUT2D eigenvalue weighted by Crippen LogP contribution is -2.66. The molecule has 2 aliphatic heterocycles. The summed E-state index contributed by atoms with van der Waals surface area (Å²) in [5.74, 6) is 2.61. The smallest absolute Gasteiger partial charge is 0.318 e. The number of piperazine rings is 1. The summed E-state index contributed by atoms with van der Waals surface area (Å²) >= 11 is 0. The third kappa shape index (κ3) is 2.19. The highest BCUT2D eigenvalue weighted by atomic mass is 16.2. The SMILES string of the molecule is C[C@H]1C(=O)N2CCC[C@H]2CN1C(=O)NC12CC3CC(CC(C3)C1)C2. The van der Waals surface area contributed by atoms with E-state index in [9.17, 15) is 9.59 Å². The number of hydrogen-bond acceptors (Lipinski definition) is 2. The number of urea groups is 1. The second kappa shape index (κ2) is 5.12. The Kier molecular flexibility index (Phi) is 3.21. The monoisotopic (exact) mass is 331 g/mol. The van der Waals surface area contributed by atoms with Gasteiger partial charge in [0.1, 0.15) is 6.04 Å². The van der Waals surface area contributed by atoms with Gasteiger partial charge in [-0.05, 0) is 76.0 Å². The molecule has 6 rings (SSSR count). The fourth-order valence-electron chi connectivity index (χ4n) is 6.90. The summed E-state index contributed by atoms with van der Waals surface area (Å²) in [5, 5.41) is 3.44. The minimum atomic E-state index is -0.312. The zero-order valence-electron chi connectivity index (χ0n) is 14.7. The van der Waals surface area contributed by atoms with Gasteiger partial charge in [0.05, 0.1) is 0 Å². The number of carbonyl (C=O) groups excluding carboxylic acids is 2. The van der Waals surface area contributed by atoms with E-state index in [1.165, 1.54) is 19.3 Å². The largest absolute Gasteiger partial charge is 0.336 e. The van der Waals surface area contributed by atoms with Crippen molar-refractivity contribution >= 4 is 11.9 Å². The molecule has 2 saturated heterocycles. The van der Waals surface area contributed by atoms with Crippen molar-refractivity contribution in [3.8, 4) is 0 Å². The van der Waals surface area contributed by atoms with Crippen LogP contribution in [0.3, 0.4) is 0 Å². The molecule has 24 heavy (non-hydrogen) atoms. The topological polar surface area (TPSA) is 52.7 Å². The first kappa shape index (κ1) is 15.0. The second-order valence-corrected chi connectivity index (χ2v) is 9.28. The van der Waals surface area contributed by atoms with Gasteiger partial charge in [0.2, 0.25) is 5.91 Å². The van der Waals surface area contributed by atoms with Crippen molar-refractivity contribution in [2.45, 2.75) is 75.9 Å². The van der Waals surface area contributed by atoms with Gasteiger partial charge in [0.25, 0.3) is 0 Å². The number of nitrogens with zero attached hydrogens (tertiary/aromatic N) is 2. The Balaban J connectivity index is 1.32. The van der Waals surface area contributed by atoms with Crippen molar-refractivity contribution in [3.05, 3.63) is 0 Å². The Hall–Kier alpha value is -1.26. The quantitative estimate of drug-likeness (QED) is 0.802. The maximum absolute atomic E-state index is 13.1. The summed E-state index contributed by atoms with van der Waals surface area (Å²) < 4.78 is 0. The van der Waals surface area contributed by atoms with E-state index in [0.29, 0.717) is 6.54 Å². The van der Waals surface area contributed by atoms with Crippen LogP contribution in [0.25, 0.3) is 0 Å². The van der Waals surface area contributed by atoms with Crippen molar-refractivity contribution in [2.75, 3.05) is 13.1 Å². The first-order chi connectivity index (χ1) is 11.5. The molecule has 2 heterocycles. The summed E-state index contributed by atoms with van der Waals surface area (Å²) in [6, 6.07) is -0.0478. The molecule has 4 bridgehead atoms. The van der Waals surface area contributed by atoms with Crippen LogP contribution >= 0.6 is 0 Å². The summed E-state index contributed by atoms with van der Waals surface area (Å²) in [6.45, 7) is 3.49. The number of amides is 3. The maximum atomic E-state index is 13.1. The Morgan fingerprint density at radius 2 is 1.75 bits per heavy atom. The van der Waals surface area contributed by atoms with Crippen LogP contribution in [0.2, 0.25) is 0 Å². The second-order valence-electron chi connectivity index (χ2n) is 9.28. The van der Waals surface area contributed by atoms with E-state index in [1.807, 2.05) is 16.7 Å². The molecule has 5 nitrogen and oxygen atoms in total. The van der Waals surface area contributed by atoms with Crippen molar-refractivity contribution < 1.29 is 9.59 Å². The highest BCUT2D eigenvalue weighted by molar-refractivity contribution is 5.88. The molecule has 3 amide bonds. The van der Waals surface area contributed by atoms with Crippen molar-refractivity contribution in [3.63, 3.8) is 0 Å². The molecule has 4 aliphatic carbocycles. The van der Waals surface area contributed by atoms with Crippen LogP contribution < -0.4 is 5.32 Å². The van der Waals surface area contributed by atoms with Crippen molar-refractivity contribution in [2.24, 2.45) is 17.8 Å². The first-order valence-electron chi connectivity index (χ1n) is 9.92. The zero-order chi connectivity index (χ0) is 16.5. The third-order valence-corrected chi connectivity index (χ3v) is 7.56. The van der Waals surface area contributed by atoms with Gasteiger partial charge in [-0.15, -0.1) is 0 Å². The minimum absolute atomic E-state index is 0.0179. The first-order valence-corrected chi connectivity index (χ1v) is 9.92. The number of rotatable bonds is 1. The van der Waals surface area contributed by atoms with E-state index in [0.717, 1.165) is 56.4 Å². The van der Waals surface area contributed by atoms with Crippen LogP contribution in [0.4, 0.5) is 4.79 Å². The fourth-order valence-corrected chi connectivity index (χ4v) is 6.90. The van der Waals surface area contributed by atoms with E-state index in [1.54, 1.807) is 0 Å². The van der Waals surface area contributed by atoms with Crippen LogP contribution in [0.1, 0.15) is 58.3 Å². The van der Waals surface area contributed by atoms with E-state index in [4.69, 9.17) is 0 Å². The van der Waals surface area contributed by atoms with Gasteiger partial charge in [-0.2, -0.15) is 0 Å². The molecule has 6 aliphatic rings. The average Bonchev–Trinajstić information content (AvgIpc) is 2.97. The Morgan fingerprint density at radius 1 is 1.12 bits per heavy atom. The molecule has 0 aromatic carbocycles. The number of hydrogen-bond donors (Lipinski definition) is 1. The molecular formula is C19H29N3O2. The lowest BCUT2D eigenvalue weighted by atomic mass is 9.53. The van der Waals surface area contributed by atoms with Gasteiger partial charge >= 0.3 is 6.03 Å². The molecule has 0 unspecified atom stereocenters. The molecule has 0 aromatic rings. The number of carbonyl (C=O) groups is 2. The molecule has 1 N–H and O–H groups in total. The molecule has 0 aromatic heterocycles. The average molecular weight is 331 g/mol. The van der Waals surface area contributed by atoms with Gasteiger partial charge in [0.15, 0.2) is 0 Å². The summed E-state index contributed by atoms with van der Waals surface area (Å²) in [4.78, 5) is 29.5. The van der Waals surface area contributed by atoms with Gasteiger partial charge in [0, 0.05) is 24.7 Å². The highest BCUT2D eigenvalue weighted by Gasteiger charge is 2.52. The van der Waals surface area contributed by atoms with Gasteiger partial charge in [-0.3, -0.25) is 4.79 Å². The molecule has 0 spiro atoms. The molecule has 0 radical (unpaired) electrons. The summed E-state index contributed by atoms with van der Waals surface area (Å²) in [5.41, 5.74) is 0.0292. The maximum Gasteiger partial charge on any atom is 0.318 e. The van der Waals surface area contributed by atoms with Crippen molar-refractivity contribution in [1.82, 2.24) is 15.1 Å². The highest BCUT2D eigenvalue weighted by Crippen LogP contribution is 2.55. The molecule has 6 fully saturated rings. The minimum Gasteiger partial charge on any atom is -0.336 e. The van der Waals surface area contributed by atoms with E-state index >= 15 is 0 Å². The Morgan fingerprint density at radius 3 is 2.38 bits per heavy atom. The standard InChI is InChI=1S/C19H29N3O2/c1-12-17(23)21-4-2-3-16(21)11-22(12)18(24)20-19-8-13-5-14(9-19)7-15(6-13)10-19/h12-16H,2-11H2,1H3,(H,20,24)/t12-,13?,14?,15?,16-,19?/m0/s1. The van der Waals surface area contributed by atoms with E-state index < -0.39 is 0 Å². The lowest BCUT2D eigenvalue weighted by Gasteiger charge is -2.57. The number of fused-ring (bicyclic) bond motifs is 1. The van der Waals surface area contributed by atoms with Crippen LogP contribution in [0.5, 0.6) is 0 Å². The van der Waals surface area contributed by atoms with Gasteiger partial charge in [-0.1, -0.05) is 0 Å². The fraction of sp³-hybridized carbons (Fsp3) is 0.895. The zero-order valence-corrected chi connectivity index (χ0v) is 14.7. The van der Waals surface area contributed by atoms with E-state index in [2.05, 4.69) is 5.32 Å². The molecular weight excluding hydrogens is 302 g/mol. The van der Waals surface area contributed by atoms with Crippen LogP contribution in [-0.4, -0.2) is 52.5 Å². The predicted molar refractivity (Wildman–Crippen MR) is 90.3 cm³/mol. The van der Waals surface area contributed by atoms with Crippen LogP contribution in [0.15, 0.2) is 0 Å². The molecule has 132 valence electrons. The third-order valence-electron chi connectivity index (χ3n) is 7.56. The molecule has 5 heteroatoms. The normalized spacial score (nSPS) is 46.4. The molecule has 2 atom stereocenters. The van der Waals surface area contributed by atoms with Gasteiger partial charge < -0.3 is 15.1 Å². The van der Waals surface area contributed by atoms with Crippen LogP contribution in [0, 0.1) is 17.8 Å². The predicted octanol–water partition coefficient (Wildman–Crippen LogP) is 2.36. The van der Waals surface area contributed by atoms with Crippen molar-refractivity contribution in [1.29, 1.82) is 0 Å².